The van der Waals surface area contributed by atoms with Crippen LogP contribution < -0.4 is 15.4 Å². The van der Waals surface area contributed by atoms with Crippen LogP contribution in [0.15, 0.2) is 42.5 Å². The van der Waals surface area contributed by atoms with Crippen molar-refractivity contribution < 1.29 is 45.8 Å². The Kier molecular flexibility index (Phi) is 8.35. The molecule has 13 heteroatoms. The van der Waals surface area contributed by atoms with E-state index < -0.39 is 49.3 Å². The highest BCUT2D eigenvalue weighted by atomic mass is 35.5. The molecule has 0 saturated carbocycles. The lowest BCUT2D eigenvalue weighted by Crippen LogP contribution is -2.32. The van der Waals surface area contributed by atoms with Crippen molar-refractivity contribution >= 4 is 35.1 Å². The number of amides is 2. The predicted molar refractivity (Wildman–Crippen MR) is 101 cm³/mol. The van der Waals surface area contributed by atoms with Crippen LogP contribution in [0.3, 0.4) is 0 Å². The highest BCUT2D eigenvalue weighted by Crippen LogP contribution is 2.29. The summed E-state index contributed by atoms with van der Waals surface area (Å²) in [5.41, 5.74) is -0.926. The summed E-state index contributed by atoms with van der Waals surface area (Å²) in [4.78, 5) is 35.3. The molecule has 0 spiro atoms. The summed E-state index contributed by atoms with van der Waals surface area (Å²) in [6, 6.07) is 6.80. The maximum atomic E-state index is 12.5. The molecular formula is C19H14ClF5N2O5. The molecule has 0 aliphatic rings. The first-order valence-corrected chi connectivity index (χ1v) is 8.99. The normalized spacial score (nSPS) is 11.1. The number of rotatable bonds is 8. The SMILES string of the molecule is O=C(COC(=O)CNC(=O)c1ccc(C(F)(F)F)cc1)Nc1ccc(OC(F)F)c(Cl)c1. The van der Waals surface area contributed by atoms with Crippen molar-refractivity contribution in [2.24, 2.45) is 0 Å². The van der Waals surface area contributed by atoms with Crippen LogP contribution in [-0.4, -0.2) is 37.5 Å². The zero-order valence-electron chi connectivity index (χ0n) is 15.8. The quantitative estimate of drug-likeness (QED) is 0.442. The largest absolute Gasteiger partial charge is 0.454 e. The molecule has 172 valence electrons. The van der Waals surface area contributed by atoms with Crippen LogP contribution in [0.2, 0.25) is 5.02 Å². The van der Waals surface area contributed by atoms with Crippen LogP contribution in [0.25, 0.3) is 0 Å². The Bertz CT molecular complexity index is 983. The highest BCUT2D eigenvalue weighted by molar-refractivity contribution is 6.32. The number of anilines is 1. The van der Waals surface area contributed by atoms with Gasteiger partial charge in [0.2, 0.25) is 0 Å². The third kappa shape index (κ3) is 7.69. The van der Waals surface area contributed by atoms with Crippen LogP contribution in [-0.2, 0) is 20.5 Å². The van der Waals surface area contributed by atoms with Crippen molar-refractivity contribution in [3.63, 3.8) is 0 Å². The van der Waals surface area contributed by atoms with E-state index in [0.717, 1.165) is 36.4 Å². The second-order valence-electron chi connectivity index (χ2n) is 5.99. The van der Waals surface area contributed by atoms with Crippen LogP contribution >= 0.6 is 11.6 Å². The molecule has 7 nitrogen and oxygen atoms in total. The van der Waals surface area contributed by atoms with Crippen LogP contribution in [0, 0.1) is 0 Å². The fourth-order valence-corrected chi connectivity index (χ4v) is 2.45. The van der Waals surface area contributed by atoms with E-state index in [1.165, 1.54) is 6.07 Å². The number of esters is 1. The summed E-state index contributed by atoms with van der Waals surface area (Å²) in [5.74, 6) is -2.89. The molecule has 0 aromatic heterocycles. The van der Waals surface area contributed by atoms with Gasteiger partial charge in [0.1, 0.15) is 12.3 Å². The number of halogens is 6. The molecule has 32 heavy (non-hydrogen) atoms. The molecule has 0 aliphatic carbocycles. The van der Waals surface area contributed by atoms with E-state index in [-0.39, 0.29) is 22.0 Å². The molecule has 0 radical (unpaired) electrons. The third-order valence-electron chi connectivity index (χ3n) is 3.66. The molecule has 0 aliphatic heterocycles. The van der Waals surface area contributed by atoms with Crippen LogP contribution in [0.4, 0.5) is 27.6 Å². The number of carbonyl (C=O) groups excluding carboxylic acids is 3. The van der Waals surface area contributed by atoms with Gasteiger partial charge in [-0.05, 0) is 42.5 Å². The molecule has 2 N–H and O–H groups in total. The lowest BCUT2D eigenvalue weighted by molar-refractivity contribution is -0.146. The van der Waals surface area contributed by atoms with Gasteiger partial charge < -0.3 is 20.1 Å². The summed E-state index contributed by atoms with van der Waals surface area (Å²) in [7, 11) is 0. The van der Waals surface area contributed by atoms with Gasteiger partial charge in [-0.15, -0.1) is 0 Å². The summed E-state index contributed by atoms with van der Waals surface area (Å²) in [5, 5.41) is 4.26. The molecule has 2 aromatic carbocycles. The molecule has 0 bridgehead atoms. The fraction of sp³-hybridized carbons (Fsp3) is 0.211. The summed E-state index contributed by atoms with van der Waals surface area (Å²) >= 11 is 5.75. The maximum absolute atomic E-state index is 12.5. The first kappa shape index (κ1) is 24.9. The molecule has 2 rings (SSSR count). The zero-order chi connectivity index (χ0) is 23.9. The van der Waals surface area contributed by atoms with Crippen LogP contribution in [0.5, 0.6) is 5.75 Å². The summed E-state index contributed by atoms with van der Waals surface area (Å²) in [6.07, 6.45) is -4.55. The first-order valence-electron chi connectivity index (χ1n) is 8.61. The molecule has 0 saturated heterocycles. The smallest absolute Gasteiger partial charge is 0.416 e. The van der Waals surface area contributed by atoms with E-state index in [0.29, 0.717) is 0 Å². The first-order chi connectivity index (χ1) is 15.0. The Balaban J connectivity index is 1.77. The van der Waals surface area contributed by atoms with E-state index in [9.17, 15) is 36.3 Å². The predicted octanol–water partition coefficient (Wildman–Crippen LogP) is 3.87. The van der Waals surface area contributed by atoms with E-state index in [2.05, 4.69) is 20.1 Å². The Morgan fingerprint density at radius 2 is 1.69 bits per heavy atom. The standard InChI is InChI=1S/C19H14ClF5N2O5/c20-13-7-12(5-6-14(13)32-18(21)22)27-15(28)9-31-16(29)8-26-17(30)10-1-3-11(4-2-10)19(23,24)25/h1-7,18H,8-9H2,(H,26,30)(H,27,28). The van der Waals surface area contributed by atoms with Gasteiger partial charge in [0, 0.05) is 11.3 Å². The van der Waals surface area contributed by atoms with Crippen molar-refractivity contribution in [3.8, 4) is 5.75 Å². The number of nitrogens with one attached hydrogen (secondary N) is 2. The Morgan fingerprint density at radius 1 is 1.03 bits per heavy atom. The molecule has 0 atom stereocenters. The second kappa shape index (κ2) is 10.8. The van der Waals surface area contributed by atoms with Gasteiger partial charge in [0.15, 0.2) is 6.61 Å². The number of carbonyl (C=O) groups is 3. The van der Waals surface area contributed by atoms with Gasteiger partial charge in [-0.2, -0.15) is 22.0 Å². The second-order valence-corrected chi connectivity index (χ2v) is 6.40. The molecule has 2 amide bonds. The number of ether oxygens (including phenoxy) is 2. The Labute approximate surface area is 182 Å². The van der Waals surface area contributed by atoms with Gasteiger partial charge in [-0.3, -0.25) is 14.4 Å². The lowest BCUT2D eigenvalue weighted by Gasteiger charge is -2.10. The van der Waals surface area contributed by atoms with E-state index >= 15 is 0 Å². The van der Waals surface area contributed by atoms with Gasteiger partial charge >= 0.3 is 18.8 Å². The van der Waals surface area contributed by atoms with E-state index in [1.54, 1.807) is 0 Å². The van der Waals surface area contributed by atoms with E-state index in [1.807, 2.05) is 0 Å². The fourth-order valence-electron chi connectivity index (χ4n) is 2.23. The van der Waals surface area contributed by atoms with Crippen molar-refractivity contribution in [3.05, 3.63) is 58.6 Å². The Morgan fingerprint density at radius 3 is 2.25 bits per heavy atom. The monoisotopic (exact) mass is 480 g/mol. The maximum Gasteiger partial charge on any atom is 0.416 e. The van der Waals surface area contributed by atoms with Crippen molar-refractivity contribution in [2.45, 2.75) is 12.8 Å². The number of alkyl halides is 5. The minimum atomic E-state index is -4.55. The average molecular weight is 481 g/mol. The van der Waals surface area contributed by atoms with Gasteiger partial charge in [0.25, 0.3) is 11.8 Å². The van der Waals surface area contributed by atoms with Crippen LogP contribution in [0.1, 0.15) is 15.9 Å². The molecule has 2 aromatic rings. The summed E-state index contributed by atoms with van der Waals surface area (Å²) in [6.45, 7) is -4.45. The minimum Gasteiger partial charge on any atom is -0.454 e. The topological polar surface area (TPSA) is 93.7 Å². The van der Waals surface area contributed by atoms with E-state index in [4.69, 9.17) is 11.6 Å². The number of hydrogen-bond acceptors (Lipinski definition) is 5. The molecule has 0 heterocycles. The van der Waals surface area contributed by atoms with Crippen molar-refractivity contribution in [1.29, 1.82) is 0 Å². The minimum absolute atomic E-state index is 0.111. The highest BCUT2D eigenvalue weighted by Gasteiger charge is 2.30. The summed E-state index contributed by atoms with van der Waals surface area (Å²) < 4.78 is 70.7. The van der Waals surface area contributed by atoms with Gasteiger partial charge in [-0.25, -0.2) is 0 Å². The molecular weight excluding hydrogens is 467 g/mol. The van der Waals surface area contributed by atoms with Gasteiger partial charge in [0.05, 0.1) is 10.6 Å². The Hall–Kier alpha value is -3.41. The number of benzene rings is 2. The lowest BCUT2D eigenvalue weighted by atomic mass is 10.1. The molecule has 0 unspecified atom stereocenters. The van der Waals surface area contributed by atoms with Crippen molar-refractivity contribution in [1.82, 2.24) is 5.32 Å². The van der Waals surface area contributed by atoms with Gasteiger partial charge in [-0.1, -0.05) is 11.6 Å². The average Bonchev–Trinajstić information content (AvgIpc) is 2.71. The third-order valence-corrected chi connectivity index (χ3v) is 3.96. The van der Waals surface area contributed by atoms with Crippen molar-refractivity contribution in [2.75, 3.05) is 18.5 Å². The zero-order valence-corrected chi connectivity index (χ0v) is 16.6. The number of hydrogen-bond donors (Lipinski definition) is 2. The molecule has 0 fully saturated rings.